The van der Waals surface area contributed by atoms with Crippen LogP contribution in [0.5, 0.6) is 5.75 Å². The van der Waals surface area contributed by atoms with E-state index in [0.717, 1.165) is 6.42 Å². The number of carbonyl (C=O) groups is 1. The monoisotopic (exact) mass is 481 g/mol. The maximum Gasteiger partial charge on any atom is 0.258 e. The minimum atomic E-state index is -0.256. The molecule has 0 aliphatic rings. The van der Waals surface area contributed by atoms with Crippen molar-refractivity contribution in [3.63, 3.8) is 0 Å². The molecule has 3 rings (SSSR count). The second-order valence-electron chi connectivity index (χ2n) is 7.02. The van der Waals surface area contributed by atoms with Gasteiger partial charge in [0.05, 0.1) is 29.1 Å². The average molecular weight is 483 g/mol. The lowest BCUT2D eigenvalue weighted by Gasteiger charge is -2.22. The van der Waals surface area contributed by atoms with E-state index in [9.17, 15) is 9.59 Å². The molecule has 164 valence electrons. The van der Waals surface area contributed by atoms with E-state index in [-0.39, 0.29) is 18.0 Å². The Morgan fingerprint density at radius 1 is 1.13 bits per heavy atom. The van der Waals surface area contributed by atoms with Crippen molar-refractivity contribution in [2.45, 2.75) is 32.7 Å². The van der Waals surface area contributed by atoms with Crippen LogP contribution in [0.2, 0.25) is 15.1 Å². The number of nitrogens with zero attached hydrogens (tertiary/aromatic N) is 2. The molecule has 0 fully saturated rings. The molecule has 0 aliphatic heterocycles. The Labute approximate surface area is 195 Å². The van der Waals surface area contributed by atoms with Crippen LogP contribution < -0.4 is 10.3 Å². The molecule has 3 aromatic rings. The highest BCUT2D eigenvalue weighted by Gasteiger charge is 2.15. The summed E-state index contributed by atoms with van der Waals surface area (Å²) in [7, 11) is 0. The average Bonchev–Trinajstić information content (AvgIpc) is 2.71. The zero-order valence-electron chi connectivity index (χ0n) is 17.0. The molecule has 6 nitrogen and oxygen atoms in total. The van der Waals surface area contributed by atoms with E-state index < -0.39 is 0 Å². The number of aromatic amines is 1. The summed E-state index contributed by atoms with van der Waals surface area (Å²) in [5, 5.41) is 1.92. The van der Waals surface area contributed by atoms with Crippen molar-refractivity contribution in [1.29, 1.82) is 0 Å². The summed E-state index contributed by atoms with van der Waals surface area (Å²) in [5.41, 5.74) is 0.247. The van der Waals surface area contributed by atoms with Gasteiger partial charge in [0.2, 0.25) is 5.91 Å². The lowest BCUT2D eigenvalue weighted by Crippen LogP contribution is -2.32. The van der Waals surface area contributed by atoms with Gasteiger partial charge in [-0.05, 0) is 49.2 Å². The SMILES string of the molecule is CCCN(Cc1nc2cc(Cl)ccc2c(=O)[nH]1)C(=O)CCCOc1ccc(Cl)cc1Cl. The number of H-pyrrole nitrogens is 1. The molecule has 9 heteroatoms. The summed E-state index contributed by atoms with van der Waals surface area (Å²) in [4.78, 5) is 34.0. The van der Waals surface area contributed by atoms with E-state index in [1.807, 2.05) is 6.92 Å². The number of halogens is 3. The van der Waals surface area contributed by atoms with Crippen molar-refractivity contribution < 1.29 is 9.53 Å². The molecule has 0 atom stereocenters. The van der Waals surface area contributed by atoms with Crippen LogP contribution in [0.1, 0.15) is 32.0 Å². The van der Waals surface area contributed by atoms with Crippen LogP contribution in [-0.2, 0) is 11.3 Å². The van der Waals surface area contributed by atoms with E-state index >= 15 is 0 Å². The van der Waals surface area contributed by atoms with E-state index in [4.69, 9.17) is 39.5 Å². The number of hydrogen-bond donors (Lipinski definition) is 1. The lowest BCUT2D eigenvalue weighted by molar-refractivity contribution is -0.132. The van der Waals surface area contributed by atoms with Gasteiger partial charge in [0.25, 0.3) is 5.56 Å². The smallest absolute Gasteiger partial charge is 0.258 e. The van der Waals surface area contributed by atoms with E-state index in [1.54, 1.807) is 41.3 Å². The van der Waals surface area contributed by atoms with Crippen LogP contribution in [0.15, 0.2) is 41.2 Å². The van der Waals surface area contributed by atoms with Crippen molar-refractivity contribution in [2.24, 2.45) is 0 Å². The minimum absolute atomic E-state index is 0.0403. The maximum absolute atomic E-state index is 12.7. The Hall–Kier alpha value is -2.28. The molecule has 0 saturated carbocycles. The first-order valence-corrected chi connectivity index (χ1v) is 11.0. The Morgan fingerprint density at radius 2 is 1.87 bits per heavy atom. The van der Waals surface area contributed by atoms with Crippen LogP contribution >= 0.6 is 34.8 Å². The van der Waals surface area contributed by atoms with Crippen LogP contribution in [-0.4, -0.2) is 33.9 Å². The predicted octanol–water partition coefficient (Wildman–Crippen LogP) is 5.48. The number of amides is 1. The standard InChI is InChI=1S/C22H22Cl3N3O3/c1-2-9-28(13-20-26-18-12-15(24)5-7-16(18)22(30)27-20)21(29)4-3-10-31-19-8-6-14(23)11-17(19)25/h5-8,11-12H,2-4,9-10,13H2,1H3,(H,26,27,30). The number of rotatable bonds is 9. The third kappa shape index (κ3) is 6.35. The summed E-state index contributed by atoms with van der Waals surface area (Å²) in [6, 6.07) is 9.92. The first-order valence-electron chi connectivity index (χ1n) is 9.91. The Kier molecular flexibility index (Phi) is 8.18. The highest BCUT2D eigenvalue weighted by molar-refractivity contribution is 6.35. The Morgan fingerprint density at radius 3 is 2.61 bits per heavy atom. The Balaban J connectivity index is 1.61. The molecule has 0 unspecified atom stereocenters. The third-order valence-corrected chi connectivity index (χ3v) is 5.36. The second kappa shape index (κ2) is 10.8. The van der Waals surface area contributed by atoms with Gasteiger partial charge in [-0.25, -0.2) is 4.98 Å². The van der Waals surface area contributed by atoms with Crippen molar-refractivity contribution in [2.75, 3.05) is 13.2 Å². The third-order valence-electron chi connectivity index (χ3n) is 4.59. The largest absolute Gasteiger partial charge is 0.492 e. The number of ether oxygens (including phenoxy) is 1. The van der Waals surface area contributed by atoms with E-state index in [0.29, 0.717) is 63.5 Å². The summed E-state index contributed by atoms with van der Waals surface area (Å²) < 4.78 is 5.64. The lowest BCUT2D eigenvalue weighted by atomic mass is 10.2. The van der Waals surface area contributed by atoms with Crippen LogP contribution in [0, 0.1) is 0 Å². The molecule has 1 N–H and O–H groups in total. The molecule has 1 aromatic heterocycles. The van der Waals surface area contributed by atoms with Crippen molar-refractivity contribution in [1.82, 2.24) is 14.9 Å². The van der Waals surface area contributed by atoms with Crippen LogP contribution in [0.3, 0.4) is 0 Å². The first kappa shape index (κ1) is 23.4. The molecule has 2 aromatic carbocycles. The quantitative estimate of drug-likeness (QED) is 0.410. The van der Waals surface area contributed by atoms with Crippen molar-refractivity contribution in [3.8, 4) is 5.75 Å². The van der Waals surface area contributed by atoms with Crippen molar-refractivity contribution >= 4 is 51.6 Å². The second-order valence-corrected chi connectivity index (χ2v) is 8.30. The fraction of sp³-hybridized carbons (Fsp3) is 0.318. The van der Waals surface area contributed by atoms with Gasteiger partial charge in [-0.2, -0.15) is 0 Å². The van der Waals surface area contributed by atoms with Gasteiger partial charge in [0, 0.05) is 23.0 Å². The molecule has 0 saturated heterocycles. The van der Waals surface area contributed by atoms with Gasteiger partial charge >= 0.3 is 0 Å². The van der Waals surface area contributed by atoms with Gasteiger partial charge in [0.1, 0.15) is 11.6 Å². The number of benzene rings is 2. The highest BCUT2D eigenvalue weighted by atomic mass is 35.5. The molecular formula is C22H22Cl3N3O3. The van der Waals surface area contributed by atoms with Gasteiger partial charge in [-0.1, -0.05) is 41.7 Å². The fourth-order valence-electron chi connectivity index (χ4n) is 3.13. The highest BCUT2D eigenvalue weighted by Crippen LogP contribution is 2.27. The van der Waals surface area contributed by atoms with Crippen LogP contribution in [0.25, 0.3) is 10.9 Å². The van der Waals surface area contributed by atoms with Gasteiger partial charge in [0.15, 0.2) is 0 Å². The summed E-state index contributed by atoms with van der Waals surface area (Å²) >= 11 is 18.0. The Bertz CT molecular complexity index is 1130. The zero-order valence-corrected chi connectivity index (χ0v) is 19.2. The summed E-state index contributed by atoms with van der Waals surface area (Å²) in [6.45, 7) is 3.10. The van der Waals surface area contributed by atoms with E-state index in [1.165, 1.54) is 0 Å². The maximum atomic E-state index is 12.7. The predicted molar refractivity (Wildman–Crippen MR) is 124 cm³/mol. The van der Waals surface area contributed by atoms with E-state index in [2.05, 4.69) is 9.97 Å². The molecule has 31 heavy (non-hydrogen) atoms. The summed E-state index contributed by atoms with van der Waals surface area (Å²) in [6.07, 6.45) is 1.61. The minimum Gasteiger partial charge on any atom is -0.492 e. The zero-order chi connectivity index (χ0) is 22.4. The molecular weight excluding hydrogens is 461 g/mol. The normalized spacial score (nSPS) is 11.0. The number of carbonyl (C=O) groups excluding carboxylic acids is 1. The molecule has 1 heterocycles. The molecule has 1 amide bonds. The molecule has 0 radical (unpaired) electrons. The molecule has 0 bridgehead atoms. The van der Waals surface area contributed by atoms with Crippen molar-refractivity contribution in [3.05, 3.63) is 67.6 Å². The van der Waals surface area contributed by atoms with Gasteiger partial charge < -0.3 is 14.6 Å². The number of fused-ring (bicyclic) bond motifs is 1. The number of hydrogen-bond acceptors (Lipinski definition) is 4. The fourth-order valence-corrected chi connectivity index (χ4v) is 3.76. The summed E-state index contributed by atoms with van der Waals surface area (Å²) in [5.74, 6) is 0.910. The van der Waals surface area contributed by atoms with Crippen LogP contribution in [0.4, 0.5) is 0 Å². The first-order chi connectivity index (χ1) is 14.9. The molecule has 0 aliphatic carbocycles. The number of aromatic nitrogens is 2. The number of nitrogens with one attached hydrogen (secondary N) is 1. The van der Waals surface area contributed by atoms with Gasteiger partial charge in [-0.15, -0.1) is 0 Å². The van der Waals surface area contributed by atoms with Gasteiger partial charge in [-0.3, -0.25) is 9.59 Å². The molecule has 0 spiro atoms. The topological polar surface area (TPSA) is 75.3 Å².